The Bertz CT molecular complexity index is 768. The molecule has 0 N–H and O–H groups in total. The van der Waals surface area contributed by atoms with Gasteiger partial charge in [0.25, 0.3) is 0 Å². The second-order valence-corrected chi connectivity index (χ2v) is 27.3. The van der Waals surface area contributed by atoms with Crippen LogP contribution in [0, 0.1) is 6.92 Å². The standard InChI is InChI=1S/C15H30O2Si.C11H21BrO2.C11H21O2.C4H9ClSi.CH4.BrH.Mg/c1-4-18(2,3)14-10-6-5-8-12-16-15-11-7-9-13-17-15;12-8-4-1-2-5-9-13-11-7-3-6-10-14-11;1-2-3-4-6-9-12-11-8-5-7-10-13-11;1-4-6(2,3)5;;;/h4,15H,1,5-14H2,2-3H3;11H,1-10H2;11H,1-10H2;4H,1H2,2-3H3;1H4;1H;/q;;-1;;;;+2/p-1. The van der Waals surface area contributed by atoms with Crippen LogP contribution in [-0.2, 0) is 28.4 Å². The van der Waals surface area contributed by atoms with Crippen molar-refractivity contribution in [3.8, 4) is 0 Å². The third-order valence-electron chi connectivity index (χ3n) is 9.00. The first-order valence-corrected chi connectivity index (χ1v) is 29.1. The summed E-state index contributed by atoms with van der Waals surface area (Å²) in [4.78, 5) is 0. The fourth-order valence-electron chi connectivity index (χ4n) is 5.32. The molecule has 0 amide bonds. The van der Waals surface area contributed by atoms with Crippen molar-refractivity contribution in [1.82, 2.24) is 0 Å². The van der Waals surface area contributed by atoms with Gasteiger partial charge in [-0.3, -0.25) is 0 Å². The summed E-state index contributed by atoms with van der Waals surface area (Å²) in [5.74, 6) is 0. The Morgan fingerprint density at radius 3 is 1.28 bits per heavy atom. The van der Waals surface area contributed by atoms with Crippen LogP contribution in [0.1, 0.15) is 142 Å². The van der Waals surface area contributed by atoms with Crippen LogP contribution in [0.5, 0.6) is 0 Å². The number of rotatable bonds is 23. The van der Waals surface area contributed by atoms with Gasteiger partial charge >= 0.3 is 23.1 Å². The Hall–Kier alpha value is 1.69. The van der Waals surface area contributed by atoms with Crippen molar-refractivity contribution in [2.45, 2.75) is 193 Å². The second kappa shape index (κ2) is 44.2. The van der Waals surface area contributed by atoms with Gasteiger partial charge in [-0.05, 0) is 83.5 Å². The minimum atomic E-state index is -1.40. The van der Waals surface area contributed by atoms with E-state index >= 15 is 0 Å². The molecule has 320 valence electrons. The topological polar surface area (TPSA) is 55.4 Å². The molecule has 3 unspecified atom stereocenters. The first kappa shape index (κ1) is 62.3. The van der Waals surface area contributed by atoms with Gasteiger partial charge in [-0.2, -0.15) is 17.5 Å². The largest absolute Gasteiger partial charge is 2.00 e. The van der Waals surface area contributed by atoms with Crippen molar-refractivity contribution >= 4 is 65.5 Å². The summed E-state index contributed by atoms with van der Waals surface area (Å²) in [5.41, 5.74) is 4.05. The maximum absolute atomic E-state index is 5.74. The van der Waals surface area contributed by atoms with E-state index in [0.29, 0.717) is 0 Å². The first-order valence-electron chi connectivity index (χ1n) is 20.6. The van der Waals surface area contributed by atoms with Crippen molar-refractivity contribution in [1.29, 1.82) is 0 Å². The van der Waals surface area contributed by atoms with Crippen LogP contribution in [0.15, 0.2) is 24.6 Å². The zero-order chi connectivity index (χ0) is 37.9. The molecule has 0 bridgehead atoms. The molecule has 0 aromatic rings. The summed E-state index contributed by atoms with van der Waals surface area (Å²) < 4.78 is 33.4. The average molecular weight is 962 g/mol. The average Bonchev–Trinajstić information content (AvgIpc) is 3.14. The van der Waals surface area contributed by atoms with Gasteiger partial charge in [0.1, 0.15) is 0 Å². The summed E-state index contributed by atoms with van der Waals surface area (Å²) in [5, 5.41) is 1.12. The molecule has 3 aliphatic heterocycles. The molecule has 0 aromatic carbocycles. The van der Waals surface area contributed by atoms with E-state index in [9.17, 15) is 0 Å². The van der Waals surface area contributed by atoms with Crippen LogP contribution in [0.3, 0.4) is 0 Å². The van der Waals surface area contributed by atoms with Crippen LogP contribution < -0.4 is 17.0 Å². The monoisotopic (exact) mass is 958 g/mol. The molecule has 3 atom stereocenters. The van der Waals surface area contributed by atoms with Gasteiger partial charge in [0.05, 0.1) is 8.07 Å². The van der Waals surface area contributed by atoms with Gasteiger partial charge in [-0.15, -0.1) is 18.9 Å². The number of unbranched alkanes of at least 4 members (excludes halogenated alkanes) is 9. The molecule has 0 spiro atoms. The smallest absolute Gasteiger partial charge is 1.00 e. The summed E-state index contributed by atoms with van der Waals surface area (Å²) in [6, 6.07) is 1.38. The molecule has 0 aliphatic carbocycles. The second-order valence-electron chi connectivity index (χ2n) is 15.1. The van der Waals surface area contributed by atoms with E-state index in [1.165, 1.54) is 109 Å². The summed E-state index contributed by atoms with van der Waals surface area (Å²) >= 11 is 9.17. The zero-order valence-corrected chi connectivity index (χ0v) is 42.1. The fraction of sp³-hybridized carbons (Fsp3) is 0.881. The Morgan fingerprint density at radius 1 is 0.630 bits per heavy atom. The molecular formula is C42H85Br2ClMgO6Si2. The molecule has 6 nitrogen and oxygen atoms in total. The van der Waals surface area contributed by atoms with Crippen molar-refractivity contribution < 1.29 is 45.4 Å². The molecule has 3 aliphatic rings. The maximum atomic E-state index is 5.74. The van der Waals surface area contributed by atoms with Gasteiger partial charge in [0, 0.05) is 45.0 Å². The molecule has 3 saturated heterocycles. The van der Waals surface area contributed by atoms with E-state index in [0.717, 1.165) is 77.1 Å². The van der Waals surface area contributed by atoms with Crippen LogP contribution in [0.25, 0.3) is 0 Å². The molecule has 3 heterocycles. The molecule has 54 heavy (non-hydrogen) atoms. The predicted octanol–water partition coefficient (Wildman–Crippen LogP) is 10.3. The number of alkyl halides is 1. The van der Waals surface area contributed by atoms with Gasteiger partial charge in [-0.1, -0.05) is 106 Å². The molecule has 3 fully saturated rings. The fourth-order valence-corrected chi connectivity index (χ4v) is 7.08. The van der Waals surface area contributed by atoms with E-state index in [4.69, 9.17) is 39.5 Å². The SMILES string of the molecule is BrCCCCCCOC1CCCCO1.C.C=C[Si](C)(C)CCCCCCOC1CCCCO1.C=C[Si](C)(C)Cl.[Br-].[CH2-]CCCCCOC1CCCCO1.[Mg+2]. The predicted molar refractivity (Wildman–Crippen MR) is 242 cm³/mol. The molecule has 0 saturated carbocycles. The summed E-state index contributed by atoms with van der Waals surface area (Å²) in [7, 11) is -2.45. The van der Waals surface area contributed by atoms with E-state index in [2.05, 4.69) is 54.8 Å². The Kier molecular flexibility index (Phi) is 51.1. The molecule has 0 radical (unpaired) electrons. The van der Waals surface area contributed by atoms with Gasteiger partial charge in [0.15, 0.2) is 26.3 Å². The zero-order valence-electron chi connectivity index (χ0n) is 34.8. The normalized spacial score (nSPS) is 19.6. The van der Waals surface area contributed by atoms with E-state index in [1.54, 1.807) is 0 Å². The minimum Gasteiger partial charge on any atom is -1.00 e. The van der Waals surface area contributed by atoms with Gasteiger partial charge in [-0.25, -0.2) is 0 Å². The Labute approximate surface area is 377 Å². The molecular weight excluding hydrogens is 876 g/mol. The van der Waals surface area contributed by atoms with Gasteiger partial charge < -0.3 is 52.3 Å². The number of ether oxygens (including phenoxy) is 6. The third-order valence-corrected chi connectivity index (χ3v) is 13.7. The third kappa shape index (κ3) is 44.8. The number of hydrogen-bond acceptors (Lipinski definition) is 6. The van der Waals surface area contributed by atoms with E-state index in [-0.39, 0.29) is 66.3 Å². The van der Waals surface area contributed by atoms with E-state index in [1.807, 2.05) is 18.8 Å². The van der Waals surface area contributed by atoms with E-state index < -0.39 is 15.5 Å². The van der Waals surface area contributed by atoms with Crippen LogP contribution in [0.4, 0.5) is 0 Å². The van der Waals surface area contributed by atoms with Crippen molar-refractivity contribution in [2.24, 2.45) is 0 Å². The Morgan fingerprint density at radius 2 is 0.981 bits per heavy atom. The van der Waals surface area contributed by atoms with Crippen molar-refractivity contribution in [3.63, 3.8) is 0 Å². The summed E-state index contributed by atoms with van der Waals surface area (Å²) in [6.07, 6.45) is 25.7. The molecule has 3 rings (SSSR count). The maximum Gasteiger partial charge on any atom is 2.00 e. The number of halogens is 3. The molecule has 12 heteroatoms. The number of hydrogen-bond donors (Lipinski definition) is 0. The van der Waals surface area contributed by atoms with Gasteiger partial charge in [0.2, 0.25) is 0 Å². The quantitative estimate of drug-likeness (QED) is 0.0334. The Balaban J connectivity index is -0.000000318. The van der Waals surface area contributed by atoms with Crippen LogP contribution in [0.2, 0.25) is 32.2 Å². The first-order chi connectivity index (χ1) is 24.6. The molecule has 0 aromatic heterocycles. The van der Waals surface area contributed by atoms with Crippen LogP contribution >= 0.6 is 27.0 Å². The van der Waals surface area contributed by atoms with Crippen molar-refractivity contribution in [2.75, 3.05) is 45.0 Å². The minimum absolute atomic E-state index is 0. The summed E-state index contributed by atoms with van der Waals surface area (Å²) in [6.45, 7) is 25.4. The van der Waals surface area contributed by atoms with Crippen LogP contribution in [-0.4, -0.2) is 102 Å². The van der Waals surface area contributed by atoms with Crippen molar-refractivity contribution in [3.05, 3.63) is 31.5 Å².